The number of esters is 1. The Morgan fingerprint density at radius 3 is 2.71 bits per heavy atom. The number of carboxylic acid groups (broad SMARTS) is 1. The molecule has 0 bridgehead atoms. The lowest BCUT2D eigenvalue weighted by Gasteiger charge is -2.49. The van der Waals surface area contributed by atoms with Gasteiger partial charge in [0, 0.05) is 24.2 Å². The molecule has 0 spiro atoms. The summed E-state index contributed by atoms with van der Waals surface area (Å²) < 4.78 is 6.52. The van der Waals surface area contributed by atoms with Crippen LogP contribution in [0, 0.1) is 13.8 Å². The number of amides is 2. The number of aliphatic carboxylic acids is 1. The van der Waals surface area contributed by atoms with E-state index in [9.17, 15) is 24.3 Å². The molecule has 2 aliphatic heterocycles. The number of aromatic amines is 1. The number of rotatable bonds is 8. The van der Waals surface area contributed by atoms with Crippen LogP contribution >= 0.6 is 23.5 Å². The number of carbonyl (C=O) groups excluding carboxylic acids is 3. The number of β-lactam (4-membered cyclic amide) rings is 1. The highest BCUT2D eigenvalue weighted by Gasteiger charge is 2.54. The van der Waals surface area contributed by atoms with Crippen LogP contribution in [0.15, 0.2) is 16.4 Å². The largest absolute Gasteiger partial charge is 0.477 e. The maximum atomic E-state index is 13.0. The van der Waals surface area contributed by atoms with Crippen molar-refractivity contribution in [2.75, 3.05) is 18.1 Å². The van der Waals surface area contributed by atoms with Crippen LogP contribution in [0.4, 0.5) is 0 Å². The number of aryl methyl sites for hydroxylation is 2. The van der Waals surface area contributed by atoms with Gasteiger partial charge in [-0.3, -0.25) is 14.5 Å². The van der Waals surface area contributed by atoms with Crippen molar-refractivity contribution in [1.29, 1.82) is 0 Å². The van der Waals surface area contributed by atoms with E-state index in [1.165, 1.54) is 33.1 Å². The van der Waals surface area contributed by atoms with Crippen LogP contribution in [0.1, 0.15) is 39.0 Å². The summed E-state index contributed by atoms with van der Waals surface area (Å²) in [5.74, 6) is -2.15. The number of nitrogens with zero attached hydrogens (tertiary/aromatic N) is 5. The van der Waals surface area contributed by atoms with Crippen LogP contribution in [0.3, 0.4) is 0 Å². The van der Waals surface area contributed by atoms with Gasteiger partial charge in [-0.2, -0.15) is 0 Å². The molecular formula is C20H23N7O6S2. The monoisotopic (exact) mass is 521 g/mol. The number of ether oxygens (including phenoxy) is 1. The maximum absolute atomic E-state index is 13.0. The fourth-order valence-electron chi connectivity index (χ4n) is 3.99. The van der Waals surface area contributed by atoms with E-state index in [1.54, 1.807) is 27.8 Å². The van der Waals surface area contributed by atoms with Gasteiger partial charge in [-0.15, -0.1) is 16.9 Å². The second-order valence-corrected chi connectivity index (χ2v) is 9.88. The van der Waals surface area contributed by atoms with Gasteiger partial charge >= 0.3 is 11.9 Å². The van der Waals surface area contributed by atoms with Crippen molar-refractivity contribution in [2.24, 2.45) is 7.05 Å². The number of aromatic nitrogens is 5. The summed E-state index contributed by atoms with van der Waals surface area (Å²) in [4.78, 5) is 54.2. The van der Waals surface area contributed by atoms with E-state index in [0.29, 0.717) is 33.5 Å². The smallest absolute Gasteiger partial charge is 0.352 e. The van der Waals surface area contributed by atoms with Crippen LogP contribution in [-0.2, 0) is 21.4 Å². The summed E-state index contributed by atoms with van der Waals surface area (Å²) in [6, 6.07) is -0.895. The van der Waals surface area contributed by atoms with Crippen LogP contribution < -0.4 is 5.32 Å². The molecule has 15 heteroatoms. The Hall–Kier alpha value is -3.33. The van der Waals surface area contributed by atoms with Crippen molar-refractivity contribution < 1.29 is 29.0 Å². The van der Waals surface area contributed by atoms with Gasteiger partial charge < -0.3 is 20.1 Å². The first-order valence-electron chi connectivity index (χ1n) is 10.6. The Balaban J connectivity index is 1.49. The first-order valence-corrected chi connectivity index (χ1v) is 12.6. The van der Waals surface area contributed by atoms with Gasteiger partial charge in [-0.05, 0) is 42.3 Å². The first-order chi connectivity index (χ1) is 16.6. The van der Waals surface area contributed by atoms with Crippen molar-refractivity contribution in [2.45, 2.75) is 37.3 Å². The third-order valence-corrected chi connectivity index (χ3v) is 8.07. The Kier molecular flexibility index (Phi) is 6.89. The molecule has 0 saturated carbocycles. The minimum Gasteiger partial charge on any atom is -0.477 e. The molecule has 0 aromatic carbocycles. The summed E-state index contributed by atoms with van der Waals surface area (Å²) in [7, 11) is 1.68. The third-order valence-electron chi connectivity index (χ3n) is 5.64. The van der Waals surface area contributed by atoms with E-state index in [2.05, 4.69) is 25.8 Å². The summed E-state index contributed by atoms with van der Waals surface area (Å²) in [5.41, 5.74) is 1.82. The molecule has 13 nitrogen and oxygen atoms in total. The molecule has 0 unspecified atom stereocenters. The van der Waals surface area contributed by atoms with Crippen molar-refractivity contribution >= 4 is 47.3 Å². The number of carboxylic acids is 1. The van der Waals surface area contributed by atoms with Crippen molar-refractivity contribution in [3.05, 3.63) is 33.8 Å². The lowest BCUT2D eigenvalue weighted by atomic mass is 10.0. The fourth-order valence-corrected chi connectivity index (χ4v) is 6.32. The normalized spacial score (nSPS) is 19.3. The van der Waals surface area contributed by atoms with Gasteiger partial charge in [-0.25, -0.2) is 14.3 Å². The number of hydrogen-bond acceptors (Lipinski definition) is 10. The number of nitrogens with one attached hydrogen (secondary N) is 2. The minimum atomic E-state index is -1.21. The highest BCUT2D eigenvalue weighted by atomic mass is 32.2. The lowest BCUT2D eigenvalue weighted by molar-refractivity contribution is -0.148. The molecule has 4 heterocycles. The number of H-pyrrole nitrogens is 1. The summed E-state index contributed by atoms with van der Waals surface area (Å²) >= 11 is 2.64. The minimum absolute atomic E-state index is 0.0802. The standard InChI is InChI=1S/C20H23N7O6S2/c1-5-33-19(32)11-8(2)12(21-9(11)3)15(28)22-13-16(29)27-14(18(30)31)10(6-34-17(13)27)7-35-20-23-24-25-26(20)4/h13,17,21H,5-7H2,1-4H3,(H,22,28)(H,30,31)/t13-,17-/m1/s1. The molecule has 2 aromatic heterocycles. The Bertz CT molecular complexity index is 1250. The molecular weight excluding hydrogens is 498 g/mol. The van der Waals surface area contributed by atoms with Crippen LogP contribution in [0.5, 0.6) is 0 Å². The van der Waals surface area contributed by atoms with Gasteiger partial charge in [0.15, 0.2) is 0 Å². The molecule has 186 valence electrons. The molecule has 2 aromatic rings. The van der Waals surface area contributed by atoms with E-state index < -0.39 is 35.2 Å². The number of tetrazole rings is 1. The molecule has 2 atom stereocenters. The summed E-state index contributed by atoms with van der Waals surface area (Å²) in [6.07, 6.45) is 0. The van der Waals surface area contributed by atoms with E-state index in [0.717, 1.165) is 0 Å². The third kappa shape index (κ3) is 4.40. The van der Waals surface area contributed by atoms with Gasteiger partial charge in [0.05, 0.1) is 12.2 Å². The fraction of sp³-hybridized carbons (Fsp3) is 0.450. The number of carbonyl (C=O) groups is 4. The second-order valence-electron chi connectivity index (χ2n) is 7.84. The Labute approximate surface area is 208 Å². The second kappa shape index (κ2) is 9.73. The average molecular weight is 522 g/mol. The average Bonchev–Trinajstić information content (AvgIpc) is 3.36. The molecule has 1 fully saturated rings. The molecule has 4 rings (SSSR count). The van der Waals surface area contributed by atoms with Gasteiger partial charge in [0.2, 0.25) is 5.16 Å². The number of fused-ring (bicyclic) bond motifs is 1. The van der Waals surface area contributed by atoms with Crippen molar-refractivity contribution in [1.82, 2.24) is 35.4 Å². The number of hydrogen-bond donors (Lipinski definition) is 3. The zero-order valence-electron chi connectivity index (χ0n) is 19.3. The first kappa shape index (κ1) is 24.8. The van der Waals surface area contributed by atoms with Crippen LogP contribution in [0.2, 0.25) is 0 Å². The molecule has 1 saturated heterocycles. The molecule has 0 radical (unpaired) electrons. The van der Waals surface area contributed by atoms with E-state index in [1.807, 2.05) is 0 Å². The van der Waals surface area contributed by atoms with Crippen LogP contribution in [-0.4, -0.2) is 88.5 Å². The van der Waals surface area contributed by atoms with E-state index in [4.69, 9.17) is 4.74 Å². The predicted octanol–water partition coefficient (Wildman–Crippen LogP) is 0.476. The quantitative estimate of drug-likeness (QED) is 0.250. The Morgan fingerprint density at radius 1 is 1.34 bits per heavy atom. The molecule has 35 heavy (non-hydrogen) atoms. The molecule has 2 aliphatic rings. The molecule has 3 N–H and O–H groups in total. The Morgan fingerprint density at radius 2 is 2.09 bits per heavy atom. The van der Waals surface area contributed by atoms with Gasteiger partial charge in [0.25, 0.3) is 11.8 Å². The maximum Gasteiger partial charge on any atom is 0.352 e. The van der Waals surface area contributed by atoms with Gasteiger partial charge in [-0.1, -0.05) is 11.8 Å². The molecule has 0 aliphatic carbocycles. The zero-order chi connectivity index (χ0) is 25.4. The topological polar surface area (TPSA) is 172 Å². The summed E-state index contributed by atoms with van der Waals surface area (Å²) in [6.45, 7) is 5.17. The predicted molar refractivity (Wildman–Crippen MR) is 125 cm³/mol. The summed E-state index contributed by atoms with van der Waals surface area (Å²) in [5, 5.41) is 23.6. The van der Waals surface area contributed by atoms with Gasteiger partial charge in [0.1, 0.15) is 22.8 Å². The highest BCUT2D eigenvalue weighted by molar-refractivity contribution is 8.01. The highest BCUT2D eigenvalue weighted by Crippen LogP contribution is 2.41. The van der Waals surface area contributed by atoms with E-state index >= 15 is 0 Å². The SMILES string of the molecule is CCOC(=O)c1c(C)[nH]c(C(=O)N[C@@H]2C(=O)N3C(C(=O)O)=C(CSc4nnnn4C)CS[C@H]23)c1C. The lowest BCUT2D eigenvalue weighted by Crippen LogP contribution is -2.70. The van der Waals surface area contributed by atoms with E-state index in [-0.39, 0.29) is 23.6 Å². The zero-order valence-corrected chi connectivity index (χ0v) is 21.0. The number of thioether (sulfide) groups is 2. The van der Waals surface area contributed by atoms with Crippen molar-refractivity contribution in [3.8, 4) is 0 Å². The molecule has 2 amide bonds. The van der Waals surface area contributed by atoms with Crippen LogP contribution in [0.25, 0.3) is 0 Å². The van der Waals surface area contributed by atoms with Crippen molar-refractivity contribution in [3.63, 3.8) is 0 Å².